The number of nitrogens with one attached hydrogen (secondary N) is 1. The Kier molecular flexibility index (Phi) is 5.07. The first-order valence-corrected chi connectivity index (χ1v) is 8.40. The van der Waals surface area contributed by atoms with Gasteiger partial charge in [-0.05, 0) is 43.9 Å². The van der Waals surface area contributed by atoms with Gasteiger partial charge in [-0.15, -0.1) is 0 Å². The molecule has 4 nitrogen and oxygen atoms in total. The summed E-state index contributed by atoms with van der Waals surface area (Å²) in [6.45, 7) is 0.367. The Morgan fingerprint density at radius 2 is 2.15 bits per heavy atom. The Morgan fingerprint density at radius 1 is 1.35 bits per heavy atom. The third kappa shape index (κ3) is 3.75. The highest BCUT2D eigenvalue weighted by Gasteiger charge is 2.16. The van der Waals surface area contributed by atoms with E-state index in [-0.39, 0.29) is 9.92 Å². The molecule has 0 amide bonds. The van der Waals surface area contributed by atoms with Crippen LogP contribution in [0.25, 0.3) is 0 Å². The number of allylic oxidation sites excluding steroid dienone is 1. The van der Waals surface area contributed by atoms with Gasteiger partial charge in [-0.25, -0.2) is 13.1 Å². The lowest BCUT2D eigenvalue weighted by Crippen LogP contribution is -2.26. The number of halogens is 1. The average Bonchev–Trinajstić information content (AvgIpc) is 2.46. The standard InChI is InChI=1S/C14H18ClNO3S/c1-19-14-8-7-12(9-13(14)15)20(17,18)16-10-11-5-3-2-4-6-11/h5,7-9,16H,2-4,6,10H2,1H3. The van der Waals surface area contributed by atoms with E-state index in [1.54, 1.807) is 6.07 Å². The number of methoxy groups -OCH3 is 1. The second-order valence-electron chi connectivity index (χ2n) is 4.73. The largest absolute Gasteiger partial charge is 0.495 e. The molecule has 0 saturated carbocycles. The van der Waals surface area contributed by atoms with E-state index in [0.717, 1.165) is 24.8 Å². The van der Waals surface area contributed by atoms with Crippen LogP contribution in [0.4, 0.5) is 0 Å². The van der Waals surface area contributed by atoms with Crippen LogP contribution in [-0.4, -0.2) is 22.1 Å². The second-order valence-corrected chi connectivity index (χ2v) is 6.90. The number of ether oxygens (including phenoxy) is 1. The maximum atomic E-state index is 12.2. The van der Waals surface area contributed by atoms with Crippen molar-refractivity contribution in [2.75, 3.05) is 13.7 Å². The fourth-order valence-electron chi connectivity index (χ4n) is 2.15. The van der Waals surface area contributed by atoms with E-state index in [2.05, 4.69) is 10.8 Å². The maximum Gasteiger partial charge on any atom is 0.240 e. The molecule has 0 atom stereocenters. The van der Waals surface area contributed by atoms with Crippen LogP contribution in [0.5, 0.6) is 5.75 Å². The normalized spacial score (nSPS) is 15.8. The Balaban J connectivity index is 2.09. The first-order valence-electron chi connectivity index (χ1n) is 6.54. The quantitative estimate of drug-likeness (QED) is 0.849. The summed E-state index contributed by atoms with van der Waals surface area (Å²) in [6, 6.07) is 4.44. The van der Waals surface area contributed by atoms with Crippen molar-refractivity contribution in [3.05, 3.63) is 34.9 Å². The van der Waals surface area contributed by atoms with Crippen LogP contribution < -0.4 is 9.46 Å². The number of sulfonamides is 1. The van der Waals surface area contributed by atoms with E-state index in [1.165, 1.54) is 25.7 Å². The maximum absolute atomic E-state index is 12.2. The van der Waals surface area contributed by atoms with Gasteiger partial charge in [0.2, 0.25) is 10.0 Å². The van der Waals surface area contributed by atoms with Gasteiger partial charge in [-0.1, -0.05) is 23.3 Å². The fourth-order valence-corrected chi connectivity index (χ4v) is 3.54. The van der Waals surface area contributed by atoms with Crippen molar-refractivity contribution in [1.29, 1.82) is 0 Å². The highest BCUT2D eigenvalue weighted by Crippen LogP contribution is 2.27. The van der Waals surface area contributed by atoms with Gasteiger partial charge in [0.25, 0.3) is 0 Å². The van der Waals surface area contributed by atoms with Crippen molar-refractivity contribution < 1.29 is 13.2 Å². The monoisotopic (exact) mass is 315 g/mol. The molecular weight excluding hydrogens is 298 g/mol. The van der Waals surface area contributed by atoms with E-state index < -0.39 is 10.0 Å². The molecule has 0 bridgehead atoms. The molecule has 0 saturated heterocycles. The molecule has 1 aliphatic rings. The van der Waals surface area contributed by atoms with Gasteiger partial charge in [-0.2, -0.15) is 0 Å². The lowest BCUT2D eigenvalue weighted by atomic mass is 10.0. The molecule has 1 N–H and O–H groups in total. The van der Waals surface area contributed by atoms with Gasteiger partial charge in [0.15, 0.2) is 0 Å². The Hall–Kier alpha value is -1.04. The lowest BCUT2D eigenvalue weighted by molar-refractivity contribution is 0.414. The Bertz CT molecular complexity index is 611. The predicted molar refractivity (Wildman–Crippen MR) is 79.7 cm³/mol. The van der Waals surface area contributed by atoms with Crippen LogP contribution in [0.15, 0.2) is 34.7 Å². The van der Waals surface area contributed by atoms with Crippen LogP contribution in [0.1, 0.15) is 25.7 Å². The minimum Gasteiger partial charge on any atom is -0.495 e. The fraction of sp³-hybridized carbons (Fsp3) is 0.429. The van der Waals surface area contributed by atoms with Crippen LogP contribution in [-0.2, 0) is 10.0 Å². The van der Waals surface area contributed by atoms with Gasteiger partial charge in [0.05, 0.1) is 17.0 Å². The van der Waals surface area contributed by atoms with Crippen molar-refractivity contribution >= 4 is 21.6 Å². The summed E-state index contributed by atoms with van der Waals surface area (Å²) in [6.07, 6.45) is 6.43. The Morgan fingerprint density at radius 3 is 2.75 bits per heavy atom. The molecule has 0 spiro atoms. The zero-order valence-corrected chi connectivity index (χ0v) is 12.9. The molecule has 6 heteroatoms. The summed E-state index contributed by atoms with van der Waals surface area (Å²) < 4.78 is 32.0. The summed E-state index contributed by atoms with van der Waals surface area (Å²) in [5.41, 5.74) is 1.15. The summed E-state index contributed by atoms with van der Waals surface area (Å²) >= 11 is 5.96. The molecule has 2 rings (SSSR count). The minimum absolute atomic E-state index is 0.153. The van der Waals surface area contributed by atoms with E-state index >= 15 is 0 Å². The predicted octanol–water partition coefficient (Wildman–Crippen LogP) is 3.13. The number of rotatable bonds is 5. The third-order valence-corrected chi connectivity index (χ3v) is 5.00. The molecule has 0 heterocycles. The van der Waals surface area contributed by atoms with Crippen molar-refractivity contribution in [3.63, 3.8) is 0 Å². The molecule has 0 radical (unpaired) electrons. The topological polar surface area (TPSA) is 55.4 Å². The van der Waals surface area contributed by atoms with Gasteiger partial charge < -0.3 is 4.74 Å². The number of hydrogen-bond acceptors (Lipinski definition) is 3. The van der Waals surface area contributed by atoms with E-state index in [0.29, 0.717) is 12.3 Å². The van der Waals surface area contributed by atoms with Crippen molar-refractivity contribution in [3.8, 4) is 5.75 Å². The van der Waals surface area contributed by atoms with Gasteiger partial charge in [-0.3, -0.25) is 0 Å². The zero-order chi connectivity index (χ0) is 14.6. The summed E-state index contributed by atoms with van der Waals surface area (Å²) in [5, 5.41) is 0.284. The molecule has 110 valence electrons. The molecule has 0 aliphatic heterocycles. The van der Waals surface area contributed by atoms with E-state index in [1.807, 2.05) is 0 Å². The van der Waals surface area contributed by atoms with E-state index in [4.69, 9.17) is 16.3 Å². The van der Waals surface area contributed by atoms with Crippen molar-refractivity contribution in [2.24, 2.45) is 0 Å². The molecule has 1 aromatic carbocycles. The van der Waals surface area contributed by atoms with Gasteiger partial charge in [0, 0.05) is 6.54 Å². The van der Waals surface area contributed by atoms with Crippen LogP contribution in [0.2, 0.25) is 5.02 Å². The third-order valence-electron chi connectivity index (χ3n) is 3.31. The molecule has 0 aromatic heterocycles. The molecule has 0 fully saturated rings. The van der Waals surface area contributed by atoms with Gasteiger partial charge in [0.1, 0.15) is 5.75 Å². The van der Waals surface area contributed by atoms with Crippen LogP contribution >= 0.6 is 11.6 Å². The number of hydrogen-bond donors (Lipinski definition) is 1. The summed E-state index contributed by atoms with van der Waals surface area (Å²) in [4.78, 5) is 0.153. The smallest absolute Gasteiger partial charge is 0.240 e. The SMILES string of the molecule is COc1ccc(S(=O)(=O)NCC2=CCCCC2)cc1Cl. The highest BCUT2D eigenvalue weighted by atomic mass is 35.5. The van der Waals surface area contributed by atoms with E-state index in [9.17, 15) is 8.42 Å². The van der Waals surface area contributed by atoms with Crippen LogP contribution in [0.3, 0.4) is 0 Å². The van der Waals surface area contributed by atoms with Crippen LogP contribution in [0, 0.1) is 0 Å². The summed E-state index contributed by atoms with van der Waals surface area (Å²) in [7, 11) is -2.05. The summed E-state index contributed by atoms with van der Waals surface area (Å²) in [5.74, 6) is 0.459. The highest BCUT2D eigenvalue weighted by molar-refractivity contribution is 7.89. The van der Waals surface area contributed by atoms with Crippen molar-refractivity contribution in [2.45, 2.75) is 30.6 Å². The molecule has 0 unspecified atom stereocenters. The minimum atomic E-state index is -3.54. The van der Waals surface area contributed by atoms with Gasteiger partial charge >= 0.3 is 0 Å². The average molecular weight is 316 g/mol. The lowest BCUT2D eigenvalue weighted by Gasteiger charge is -2.14. The van der Waals surface area contributed by atoms with Crippen molar-refractivity contribution in [1.82, 2.24) is 4.72 Å². The molecule has 1 aromatic rings. The first-order chi connectivity index (χ1) is 9.53. The zero-order valence-electron chi connectivity index (χ0n) is 11.4. The molecular formula is C14H18ClNO3S. The number of benzene rings is 1. The molecule has 20 heavy (non-hydrogen) atoms. The first kappa shape index (κ1) is 15.4. The second kappa shape index (κ2) is 6.61. The Labute approximate surface area is 124 Å². The molecule has 1 aliphatic carbocycles.